The zero-order chi connectivity index (χ0) is 15.4. The van der Waals surface area contributed by atoms with E-state index in [2.05, 4.69) is 21.2 Å². The van der Waals surface area contributed by atoms with Gasteiger partial charge in [0.2, 0.25) is 5.91 Å². The number of rotatable bonds is 4. The van der Waals surface area contributed by atoms with Crippen LogP contribution in [0.5, 0.6) is 0 Å². The molecular formula is C15H16BrN3O2. The first-order valence-electron chi connectivity index (χ1n) is 6.54. The SMILES string of the molecule is CCc1cc(Br)ccc1NC(=O)Cn1cc(N)ccc1=O. The lowest BCUT2D eigenvalue weighted by Crippen LogP contribution is -2.27. The molecule has 110 valence electrons. The van der Waals surface area contributed by atoms with Gasteiger partial charge in [-0.25, -0.2) is 0 Å². The van der Waals surface area contributed by atoms with Crippen LogP contribution in [0.25, 0.3) is 0 Å². The highest BCUT2D eigenvalue weighted by atomic mass is 79.9. The van der Waals surface area contributed by atoms with Crippen LogP contribution in [0.15, 0.2) is 45.8 Å². The molecule has 5 nitrogen and oxygen atoms in total. The summed E-state index contributed by atoms with van der Waals surface area (Å²) < 4.78 is 2.25. The number of benzene rings is 1. The third-order valence-electron chi connectivity index (χ3n) is 3.04. The van der Waals surface area contributed by atoms with Crippen LogP contribution in [0.2, 0.25) is 0 Å². The minimum absolute atomic E-state index is 0.0664. The normalized spacial score (nSPS) is 10.4. The Morgan fingerprint density at radius 2 is 2.10 bits per heavy atom. The number of carbonyl (C=O) groups is 1. The molecule has 0 aliphatic heterocycles. The zero-order valence-electron chi connectivity index (χ0n) is 11.6. The monoisotopic (exact) mass is 349 g/mol. The number of anilines is 2. The van der Waals surface area contributed by atoms with Crippen LogP contribution in [-0.4, -0.2) is 10.5 Å². The average Bonchev–Trinajstić information content (AvgIpc) is 2.44. The summed E-state index contributed by atoms with van der Waals surface area (Å²) in [5.74, 6) is -0.264. The van der Waals surface area contributed by atoms with E-state index >= 15 is 0 Å². The van der Waals surface area contributed by atoms with Crippen LogP contribution < -0.4 is 16.6 Å². The van der Waals surface area contributed by atoms with Crippen molar-refractivity contribution in [2.45, 2.75) is 19.9 Å². The molecule has 0 saturated heterocycles. The number of nitrogens with one attached hydrogen (secondary N) is 1. The summed E-state index contributed by atoms with van der Waals surface area (Å²) >= 11 is 3.40. The average molecular weight is 350 g/mol. The highest BCUT2D eigenvalue weighted by Gasteiger charge is 2.08. The fourth-order valence-corrected chi connectivity index (χ4v) is 2.40. The molecule has 2 rings (SSSR count). The second kappa shape index (κ2) is 6.58. The molecule has 0 aliphatic rings. The maximum Gasteiger partial charge on any atom is 0.251 e. The van der Waals surface area contributed by atoms with Crippen LogP contribution in [0, 0.1) is 0 Å². The molecule has 3 N–H and O–H groups in total. The number of carbonyl (C=O) groups excluding carboxylic acids is 1. The first-order valence-corrected chi connectivity index (χ1v) is 7.33. The van der Waals surface area contributed by atoms with Gasteiger partial charge in [-0.1, -0.05) is 22.9 Å². The van der Waals surface area contributed by atoms with Crippen molar-refractivity contribution < 1.29 is 4.79 Å². The maximum absolute atomic E-state index is 12.1. The van der Waals surface area contributed by atoms with E-state index in [1.807, 2.05) is 25.1 Å². The lowest BCUT2D eigenvalue weighted by molar-refractivity contribution is -0.116. The predicted molar refractivity (Wildman–Crippen MR) is 87.3 cm³/mol. The van der Waals surface area contributed by atoms with Crippen molar-refractivity contribution in [3.05, 3.63) is 56.9 Å². The Balaban J connectivity index is 2.15. The van der Waals surface area contributed by atoms with Crippen molar-refractivity contribution in [1.29, 1.82) is 0 Å². The molecule has 0 unspecified atom stereocenters. The Hall–Kier alpha value is -2.08. The smallest absolute Gasteiger partial charge is 0.251 e. The van der Waals surface area contributed by atoms with Gasteiger partial charge in [-0.15, -0.1) is 0 Å². The fourth-order valence-electron chi connectivity index (χ4n) is 1.99. The Kier molecular flexibility index (Phi) is 4.80. The molecule has 0 fully saturated rings. The predicted octanol–water partition coefficient (Wildman–Crippen LogP) is 2.39. The van der Waals surface area contributed by atoms with Gasteiger partial charge in [-0.3, -0.25) is 9.59 Å². The van der Waals surface area contributed by atoms with Crippen molar-refractivity contribution in [2.24, 2.45) is 0 Å². The van der Waals surface area contributed by atoms with Gasteiger partial charge in [0, 0.05) is 28.1 Å². The van der Waals surface area contributed by atoms with E-state index in [1.54, 1.807) is 0 Å². The third-order valence-corrected chi connectivity index (χ3v) is 3.54. The van der Waals surface area contributed by atoms with Crippen molar-refractivity contribution in [3.8, 4) is 0 Å². The van der Waals surface area contributed by atoms with Gasteiger partial charge in [0.25, 0.3) is 5.56 Å². The van der Waals surface area contributed by atoms with Gasteiger partial charge in [0.1, 0.15) is 6.54 Å². The number of aromatic nitrogens is 1. The number of aryl methyl sites for hydroxylation is 1. The molecular weight excluding hydrogens is 334 g/mol. The summed E-state index contributed by atoms with van der Waals surface area (Å²) in [6.07, 6.45) is 2.26. The van der Waals surface area contributed by atoms with Gasteiger partial charge in [-0.05, 0) is 36.2 Å². The molecule has 0 radical (unpaired) electrons. The summed E-state index contributed by atoms with van der Waals surface area (Å²) in [6, 6.07) is 8.52. The third kappa shape index (κ3) is 3.95. The minimum atomic E-state index is -0.264. The van der Waals surface area contributed by atoms with Crippen molar-refractivity contribution in [2.75, 3.05) is 11.1 Å². The summed E-state index contributed by atoms with van der Waals surface area (Å²) in [6.45, 7) is 1.95. The summed E-state index contributed by atoms with van der Waals surface area (Å²) in [7, 11) is 0. The van der Waals surface area contributed by atoms with E-state index < -0.39 is 0 Å². The number of halogens is 1. The first-order chi connectivity index (χ1) is 9.99. The van der Waals surface area contributed by atoms with Crippen LogP contribution in [0.3, 0.4) is 0 Å². The van der Waals surface area contributed by atoms with E-state index in [4.69, 9.17) is 5.73 Å². The molecule has 1 aromatic heterocycles. The highest BCUT2D eigenvalue weighted by molar-refractivity contribution is 9.10. The molecule has 0 aliphatic carbocycles. The number of amides is 1. The minimum Gasteiger partial charge on any atom is -0.398 e. The lowest BCUT2D eigenvalue weighted by Gasteiger charge is -2.11. The standard InChI is InChI=1S/C15H16BrN3O2/c1-2-10-7-11(16)3-5-13(10)18-14(20)9-19-8-12(17)4-6-15(19)21/h3-8H,2,9,17H2,1H3,(H,18,20). The maximum atomic E-state index is 12.1. The quantitative estimate of drug-likeness (QED) is 0.889. The van der Waals surface area contributed by atoms with Gasteiger partial charge in [0.05, 0.1) is 0 Å². The van der Waals surface area contributed by atoms with Crippen molar-refractivity contribution in [1.82, 2.24) is 4.57 Å². The molecule has 1 heterocycles. The topological polar surface area (TPSA) is 77.1 Å². The summed E-state index contributed by atoms with van der Waals surface area (Å²) in [5, 5.41) is 2.82. The van der Waals surface area contributed by atoms with Crippen LogP contribution in [-0.2, 0) is 17.8 Å². The first kappa shape index (κ1) is 15.3. The fraction of sp³-hybridized carbons (Fsp3) is 0.200. The Morgan fingerprint density at radius 3 is 2.81 bits per heavy atom. The zero-order valence-corrected chi connectivity index (χ0v) is 13.2. The van der Waals surface area contributed by atoms with Gasteiger partial charge in [0.15, 0.2) is 0 Å². The van der Waals surface area contributed by atoms with E-state index in [0.717, 1.165) is 22.1 Å². The highest BCUT2D eigenvalue weighted by Crippen LogP contribution is 2.21. The number of nitrogens with zero attached hydrogens (tertiary/aromatic N) is 1. The lowest BCUT2D eigenvalue weighted by atomic mass is 10.1. The molecule has 2 aromatic rings. The van der Waals surface area contributed by atoms with Crippen LogP contribution in [0.1, 0.15) is 12.5 Å². The van der Waals surface area contributed by atoms with E-state index in [9.17, 15) is 9.59 Å². The second-order valence-corrected chi connectivity index (χ2v) is 5.55. The van der Waals surface area contributed by atoms with E-state index in [1.165, 1.54) is 22.9 Å². The molecule has 0 bridgehead atoms. The van der Waals surface area contributed by atoms with Crippen molar-refractivity contribution >= 4 is 33.2 Å². The van der Waals surface area contributed by atoms with Crippen LogP contribution >= 0.6 is 15.9 Å². The molecule has 1 aromatic carbocycles. The number of hydrogen-bond acceptors (Lipinski definition) is 3. The Labute approximate surface area is 130 Å². The molecule has 0 atom stereocenters. The Morgan fingerprint density at radius 1 is 1.33 bits per heavy atom. The van der Waals surface area contributed by atoms with Gasteiger partial charge >= 0.3 is 0 Å². The van der Waals surface area contributed by atoms with E-state index in [-0.39, 0.29) is 18.0 Å². The largest absolute Gasteiger partial charge is 0.398 e. The number of pyridine rings is 1. The molecule has 0 spiro atoms. The van der Waals surface area contributed by atoms with Gasteiger partial charge < -0.3 is 15.6 Å². The molecule has 0 saturated carbocycles. The second-order valence-electron chi connectivity index (χ2n) is 4.63. The molecule has 1 amide bonds. The Bertz CT molecular complexity index is 725. The van der Waals surface area contributed by atoms with Crippen molar-refractivity contribution in [3.63, 3.8) is 0 Å². The summed E-state index contributed by atoms with van der Waals surface area (Å²) in [5.41, 5.74) is 7.59. The van der Waals surface area contributed by atoms with E-state index in [0.29, 0.717) is 5.69 Å². The summed E-state index contributed by atoms with van der Waals surface area (Å²) in [4.78, 5) is 23.7. The number of nitrogens with two attached hydrogens (primary N) is 1. The number of hydrogen-bond donors (Lipinski definition) is 2. The molecule has 21 heavy (non-hydrogen) atoms. The van der Waals surface area contributed by atoms with Gasteiger partial charge in [-0.2, -0.15) is 0 Å². The number of nitrogen functional groups attached to an aromatic ring is 1. The molecule has 6 heteroatoms. The van der Waals surface area contributed by atoms with Crippen LogP contribution in [0.4, 0.5) is 11.4 Å².